The molecule has 1 aliphatic heterocycles. The molecule has 1 aromatic carbocycles. The Morgan fingerprint density at radius 2 is 1.89 bits per heavy atom. The van der Waals surface area contributed by atoms with E-state index < -0.39 is 0 Å². The van der Waals surface area contributed by atoms with Gasteiger partial charge in [-0.1, -0.05) is 32.9 Å². The number of hydrogen-bond acceptors (Lipinski definition) is 2. The van der Waals surface area contributed by atoms with Crippen molar-refractivity contribution in [1.29, 1.82) is 0 Å². The third-order valence-electron chi connectivity index (χ3n) is 3.27. The number of rotatable bonds is 3. The molecule has 2 rings (SSSR count). The largest absolute Gasteiger partial charge is 0.497 e. The average Bonchev–Trinajstić information content (AvgIpc) is 2.46. The molecule has 0 aliphatic carbocycles. The number of likely N-dealkylation sites (tertiary alicyclic amines) is 1. The first kappa shape index (κ1) is 15.5. The van der Waals surface area contributed by atoms with Crippen LogP contribution in [0, 0.1) is 5.92 Å². The molecule has 1 atom stereocenters. The van der Waals surface area contributed by atoms with Crippen LogP contribution in [-0.4, -0.2) is 24.5 Å². The van der Waals surface area contributed by atoms with Crippen LogP contribution in [0.1, 0.15) is 39.2 Å². The molecule has 0 radical (unpaired) electrons. The predicted octanol–water partition coefficient (Wildman–Crippen LogP) is 3.48. The maximum atomic E-state index is 11.8. The first-order valence-corrected chi connectivity index (χ1v) is 7.09. The Bertz CT molecular complexity index is 386. The number of methoxy groups -OCH3 is 1. The summed E-state index contributed by atoms with van der Waals surface area (Å²) in [5, 5.41) is 0. The lowest BCUT2D eigenvalue weighted by Crippen LogP contribution is -2.38. The molecule has 1 heterocycles. The highest BCUT2D eigenvalue weighted by Crippen LogP contribution is 2.20. The van der Waals surface area contributed by atoms with Crippen molar-refractivity contribution in [3.05, 3.63) is 29.8 Å². The van der Waals surface area contributed by atoms with E-state index in [4.69, 9.17) is 4.74 Å². The summed E-state index contributed by atoms with van der Waals surface area (Å²) in [6, 6.07) is 7.91. The van der Waals surface area contributed by atoms with E-state index in [0.29, 0.717) is 18.9 Å². The van der Waals surface area contributed by atoms with Crippen molar-refractivity contribution in [2.24, 2.45) is 5.92 Å². The van der Waals surface area contributed by atoms with Crippen molar-refractivity contribution >= 4 is 5.91 Å². The Kier molecular flexibility index (Phi) is 6.40. The van der Waals surface area contributed by atoms with Crippen LogP contribution in [0.5, 0.6) is 5.75 Å². The molecule has 1 aliphatic rings. The number of benzene rings is 1. The van der Waals surface area contributed by atoms with E-state index in [-0.39, 0.29) is 5.91 Å². The average molecular weight is 263 g/mol. The van der Waals surface area contributed by atoms with E-state index in [0.717, 1.165) is 24.3 Å². The summed E-state index contributed by atoms with van der Waals surface area (Å²) < 4.78 is 5.12. The molecule has 3 nitrogen and oxygen atoms in total. The van der Waals surface area contributed by atoms with Crippen LogP contribution in [0.3, 0.4) is 0 Å². The van der Waals surface area contributed by atoms with Crippen LogP contribution >= 0.6 is 0 Å². The minimum Gasteiger partial charge on any atom is -0.497 e. The minimum absolute atomic E-state index is 0.277. The lowest BCUT2D eigenvalue weighted by molar-refractivity contribution is -0.135. The van der Waals surface area contributed by atoms with Crippen molar-refractivity contribution < 1.29 is 9.53 Å². The van der Waals surface area contributed by atoms with Gasteiger partial charge >= 0.3 is 0 Å². The van der Waals surface area contributed by atoms with Gasteiger partial charge in [-0.2, -0.15) is 0 Å². The van der Waals surface area contributed by atoms with Crippen molar-refractivity contribution in [3.63, 3.8) is 0 Å². The number of hydrogen-bond donors (Lipinski definition) is 0. The molecule has 0 N–H and O–H groups in total. The van der Waals surface area contributed by atoms with E-state index in [2.05, 4.69) is 6.92 Å². The molecule has 0 bridgehead atoms. The molecule has 1 amide bonds. The molecule has 106 valence electrons. The maximum absolute atomic E-state index is 11.8. The molecule has 0 aromatic heterocycles. The lowest BCUT2D eigenvalue weighted by Gasteiger charge is -2.30. The number of amides is 1. The molecule has 1 unspecified atom stereocenters. The molecule has 1 fully saturated rings. The molecular weight excluding hydrogens is 238 g/mol. The van der Waals surface area contributed by atoms with Crippen molar-refractivity contribution in [2.45, 2.75) is 40.2 Å². The zero-order valence-electron chi connectivity index (χ0n) is 12.5. The summed E-state index contributed by atoms with van der Waals surface area (Å²) in [6.45, 7) is 7.80. The second-order valence-electron chi connectivity index (χ2n) is 4.77. The molecule has 1 saturated heterocycles. The molecule has 3 heteroatoms. The van der Waals surface area contributed by atoms with Gasteiger partial charge in [0.05, 0.1) is 7.11 Å². The number of nitrogens with zero attached hydrogens (tertiary/aromatic N) is 1. The predicted molar refractivity (Wildman–Crippen MR) is 78.2 cm³/mol. The summed E-state index contributed by atoms with van der Waals surface area (Å²) in [5.74, 6) is 1.75. The Hall–Kier alpha value is -1.51. The van der Waals surface area contributed by atoms with E-state index in [1.54, 1.807) is 7.11 Å². The Balaban J connectivity index is 0.000000861. The van der Waals surface area contributed by atoms with Gasteiger partial charge in [0.25, 0.3) is 0 Å². The normalized spacial score (nSPS) is 18.6. The molecule has 0 saturated carbocycles. The van der Waals surface area contributed by atoms with Crippen LogP contribution in [0.25, 0.3) is 0 Å². The van der Waals surface area contributed by atoms with Gasteiger partial charge in [0.1, 0.15) is 5.75 Å². The number of ether oxygens (including phenoxy) is 1. The fraction of sp³-hybridized carbons (Fsp3) is 0.562. The van der Waals surface area contributed by atoms with E-state index >= 15 is 0 Å². The quantitative estimate of drug-likeness (QED) is 0.835. The van der Waals surface area contributed by atoms with Crippen LogP contribution in [0.2, 0.25) is 0 Å². The smallest absolute Gasteiger partial charge is 0.222 e. The summed E-state index contributed by atoms with van der Waals surface area (Å²) in [4.78, 5) is 13.7. The van der Waals surface area contributed by atoms with Gasteiger partial charge in [-0.3, -0.25) is 4.79 Å². The van der Waals surface area contributed by atoms with Gasteiger partial charge in [0.15, 0.2) is 0 Å². The molecule has 0 spiro atoms. The van der Waals surface area contributed by atoms with Crippen LogP contribution < -0.4 is 4.74 Å². The van der Waals surface area contributed by atoms with Gasteiger partial charge in [0, 0.05) is 19.5 Å². The topological polar surface area (TPSA) is 29.5 Å². The highest BCUT2D eigenvalue weighted by atomic mass is 16.5. The van der Waals surface area contributed by atoms with Crippen LogP contribution in [0.4, 0.5) is 0 Å². The third kappa shape index (κ3) is 4.58. The summed E-state index contributed by atoms with van der Waals surface area (Å²) in [5.41, 5.74) is 1.16. The van der Waals surface area contributed by atoms with E-state index in [1.807, 2.05) is 43.0 Å². The molecule has 1 aromatic rings. The summed E-state index contributed by atoms with van der Waals surface area (Å²) in [7, 11) is 1.66. The number of carbonyl (C=O) groups is 1. The fourth-order valence-corrected chi connectivity index (χ4v) is 2.20. The van der Waals surface area contributed by atoms with Gasteiger partial charge in [-0.05, 0) is 30.0 Å². The number of piperidine rings is 1. The highest BCUT2D eigenvalue weighted by Gasteiger charge is 2.22. The Morgan fingerprint density at radius 3 is 2.47 bits per heavy atom. The first-order chi connectivity index (χ1) is 9.19. The van der Waals surface area contributed by atoms with Crippen molar-refractivity contribution in [2.75, 3.05) is 13.7 Å². The Morgan fingerprint density at radius 1 is 1.26 bits per heavy atom. The maximum Gasteiger partial charge on any atom is 0.222 e. The fourth-order valence-electron chi connectivity index (χ4n) is 2.20. The lowest BCUT2D eigenvalue weighted by atomic mass is 9.99. The molecular formula is C16H25NO2. The highest BCUT2D eigenvalue weighted by molar-refractivity contribution is 5.76. The number of carbonyl (C=O) groups excluding carboxylic acids is 1. The summed E-state index contributed by atoms with van der Waals surface area (Å²) >= 11 is 0. The standard InChI is InChI=1S/C14H19NO2.C2H6/c1-11-3-8-14(16)15(9-11)10-12-4-6-13(17-2)7-5-12;1-2/h4-7,11H,3,8-10H2,1-2H3;1-2H3. The van der Waals surface area contributed by atoms with Gasteiger partial charge in [0.2, 0.25) is 5.91 Å². The van der Waals surface area contributed by atoms with Crippen molar-refractivity contribution in [3.8, 4) is 5.75 Å². The zero-order valence-corrected chi connectivity index (χ0v) is 12.5. The Labute approximate surface area is 116 Å². The van der Waals surface area contributed by atoms with Gasteiger partial charge < -0.3 is 9.64 Å². The van der Waals surface area contributed by atoms with Crippen LogP contribution in [-0.2, 0) is 11.3 Å². The monoisotopic (exact) mass is 263 g/mol. The first-order valence-electron chi connectivity index (χ1n) is 7.09. The summed E-state index contributed by atoms with van der Waals surface area (Å²) in [6.07, 6.45) is 1.72. The van der Waals surface area contributed by atoms with E-state index in [9.17, 15) is 4.79 Å². The van der Waals surface area contributed by atoms with Crippen LogP contribution in [0.15, 0.2) is 24.3 Å². The SMILES string of the molecule is CC.COc1ccc(CN2CC(C)CCC2=O)cc1. The second kappa shape index (κ2) is 7.82. The minimum atomic E-state index is 0.277. The molecule has 19 heavy (non-hydrogen) atoms. The zero-order chi connectivity index (χ0) is 14.3. The van der Waals surface area contributed by atoms with Gasteiger partial charge in [-0.25, -0.2) is 0 Å². The second-order valence-corrected chi connectivity index (χ2v) is 4.77. The van der Waals surface area contributed by atoms with Gasteiger partial charge in [-0.15, -0.1) is 0 Å². The third-order valence-corrected chi connectivity index (χ3v) is 3.27. The van der Waals surface area contributed by atoms with E-state index in [1.165, 1.54) is 0 Å². The van der Waals surface area contributed by atoms with Crippen molar-refractivity contribution in [1.82, 2.24) is 4.90 Å².